The van der Waals surface area contributed by atoms with Crippen molar-refractivity contribution in [1.29, 1.82) is 0 Å². The average molecular weight is 888 g/mol. The number of H-pyrrole nitrogens is 2. The molecular weight excluding hydrogens is 823 g/mol. The fourth-order valence-electron chi connectivity index (χ4n) is 9.61. The molecule has 0 spiro atoms. The van der Waals surface area contributed by atoms with Gasteiger partial charge in [-0.1, -0.05) is 119 Å². The van der Waals surface area contributed by atoms with Crippen LogP contribution in [0.15, 0.2) is 66.7 Å². The van der Waals surface area contributed by atoms with Crippen molar-refractivity contribution in [1.82, 2.24) is 19.9 Å². The molecule has 3 aliphatic heterocycles. The maximum Gasteiger partial charge on any atom is 0.266 e. The SMILES string of the molecule is Cc1c(C)c(C)c2c(c1C)C(=O)N(c1c3nc(c(-c4cc(C(C)(C)C)cc(C(C)(C)C)c4)c4ccc(cc5nc(c(-c6cc(C(C)(C)C)cc(C(C)(C)C)c6)c6ccc1[nH]6)C=C5)[nH]4)C=C3)C2=O. The van der Waals surface area contributed by atoms with Gasteiger partial charge >= 0.3 is 0 Å². The second-order valence-corrected chi connectivity index (χ2v) is 23.1. The molecule has 0 atom stereocenters. The molecule has 0 unspecified atom stereocenters. The number of aromatic amines is 2. The lowest BCUT2D eigenvalue weighted by molar-refractivity contribution is 0.0926. The van der Waals surface area contributed by atoms with Crippen LogP contribution in [0.2, 0.25) is 0 Å². The lowest BCUT2D eigenvalue weighted by Crippen LogP contribution is -2.30. The van der Waals surface area contributed by atoms with Crippen molar-refractivity contribution in [3.63, 3.8) is 0 Å². The molecule has 3 aliphatic rings. The highest BCUT2D eigenvalue weighted by Gasteiger charge is 2.42. The Morgan fingerprint density at radius 2 is 0.821 bits per heavy atom. The number of nitrogens with one attached hydrogen (secondary N) is 2. The molecule has 6 heterocycles. The zero-order valence-electron chi connectivity index (χ0n) is 42.3. The zero-order valence-corrected chi connectivity index (χ0v) is 42.3. The first-order valence-electron chi connectivity index (χ1n) is 23.7. The maximum absolute atomic E-state index is 15.1. The maximum atomic E-state index is 15.1. The molecule has 6 aromatic rings. The summed E-state index contributed by atoms with van der Waals surface area (Å²) in [6.07, 6.45) is 8.13. The summed E-state index contributed by atoms with van der Waals surface area (Å²) in [6.45, 7) is 34.9. The zero-order chi connectivity index (χ0) is 48.4. The number of benzene rings is 3. The Kier molecular flexibility index (Phi) is 10.5. The fourth-order valence-corrected chi connectivity index (χ4v) is 9.61. The van der Waals surface area contributed by atoms with Crippen molar-refractivity contribution in [2.45, 2.75) is 132 Å². The van der Waals surface area contributed by atoms with E-state index in [-0.39, 0.29) is 33.5 Å². The lowest BCUT2D eigenvalue weighted by Gasteiger charge is -2.26. The first-order valence-corrected chi connectivity index (χ1v) is 23.7. The van der Waals surface area contributed by atoms with Crippen molar-refractivity contribution < 1.29 is 9.59 Å². The number of amides is 2. The average Bonchev–Trinajstić information content (AvgIpc) is 4.10. The number of hydrogen-bond donors (Lipinski definition) is 2. The number of nitrogens with zero attached hydrogens (tertiary/aromatic N) is 3. The smallest absolute Gasteiger partial charge is 0.266 e. The highest BCUT2D eigenvalue weighted by atomic mass is 16.2. The minimum absolute atomic E-state index is 0.127. The van der Waals surface area contributed by atoms with E-state index in [9.17, 15) is 0 Å². The van der Waals surface area contributed by atoms with E-state index in [4.69, 9.17) is 9.97 Å². The summed E-state index contributed by atoms with van der Waals surface area (Å²) in [5, 5.41) is 0. The molecule has 3 aromatic heterocycles. The van der Waals surface area contributed by atoms with Gasteiger partial charge in [0.25, 0.3) is 11.8 Å². The second-order valence-electron chi connectivity index (χ2n) is 23.1. The van der Waals surface area contributed by atoms with Gasteiger partial charge in [0, 0.05) is 27.7 Å². The Morgan fingerprint density at radius 3 is 1.30 bits per heavy atom. The molecule has 0 aliphatic carbocycles. The first kappa shape index (κ1) is 45.6. The van der Waals surface area contributed by atoms with Crippen LogP contribution in [0, 0.1) is 27.7 Å². The molecule has 0 radical (unpaired) electrons. The number of imide groups is 1. The van der Waals surface area contributed by atoms with E-state index in [2.05, 4.69) is 166 Å². The third-order valence-corrected chi connectivity index (χ3v) is 14.2. The number of hydrogen-bond acceptors (Lipinski definition) is 4. The quantitative estimate of drug-likeness (QED) is 0.173. The highest BCUT2D eigenvalue weighted by Crippen LogP contribution is 2.43. The third-order valence-electron chi connectivity index (χ3n) is 14.2. The van der Waals surface area contributed by atoms with Gasteiger partial charge in [-0.25, -0.2) is 14.9 Å². The van der Waals surface area contributed by atoms with E-state index in [1.165, 1.54) is 27.2 Å². The van der Waals surface area contributed by atoms with Crippen LogP contribution in [0.1, 0.15) is 171 Å². The van der Waals surface area contributed by atoms with Gasteiger partial charge in [0.05, 0.1) is 39.4 Å². The molecule has 342 valence electrons. The molecule has 2 N–H and O–H groups in total. The van der Waals surface area contributed by atoms with E-state index < -0.39 is 0 Å². The summed E-state index contributed by atoms with van der Waals surface area (Å²) in [6, 6.07) is 24.1. The molecular formula is C60H65N5O2. The van der Waals surface area contributed by atoms with Crippen molar-refractivity contribution in [3.8, 4) is 22.3 Å². The molecule has 7 nitrogen and oxygen atoms in total. The van der Waals surface area contributed by atoms with Gasteiger partial charge in [-0.3, -0.25) is 9.59 Å². The van der Waals surface area contributed by atoms with Gasteiger partial charge in [0.2, 0.25) is 0 Å². The third kappa shape index (κ3) is 7.90. The van der Waals surface area contributed by atoms with Crippen LogP contribution in [0.3, 0.4) is 0 Å². The minimum atomic E-state index is -0.352. The van der Waals surface area contributed by atoms with Gasteiger partial charge < -0.3 is 9.97 Å². The van der Waals surface area contributed by atoms with Crippen LogP contribution in [-0.4, -0.2) is 31.8 Å². The largest absolute Gasteiger partial charge is 0.355 e. The van der Waals surface area contributed by atoms with Gasteiger partial charge in [0.15, 0.2) is 0 Å². The van der Waals surface area contributed by atoms with Crippen LogP contribution in [0.25, 0.3) is 68.6 Å². The summed E-state index contributed by atoms with van der Waals surface area (Å²) < 4.78 is 0. The summed E-state index contributed by atoms with van der Waals surface area (Å²) in [7, 11) is 0. The fraction of sp³-hybridized carbons (Fsp3) is 0.333. The molecule has 67 heavy (non-hydrogen) atoms. The minimum Gasteiger partial charge on any atom is -0.355 e. The normalized spacial score (nSPS) is 14.2. The summed E-state index contributed by atoms with van der Waals surface area (Å²) >= 11 is 0. The Bertz CT molecular complexity index is 3170. The summed E-state index contributed by atoms with van der Waals surface area (Å²) in [4.78, 5) is 49.9. The van der Waals surface area contributed by atoms with Gasteiger partial charge in [0.1, 0.15) is 5.69 Å². The van der Waals surface area contributed by atoms with Crippen LogP contribution in [-0.2, 0) is 21.7 Å². The Morgan fingerprint density at radius 1 is 0.418 bits per heavy atom. The monoisotopic (exact) mass is 888 g/mol. The number of aromatic nitrogens is 4. The van der Waals surface area contributed by atoms with E-state index >= 15 is 9.59 Å². The van der Waals surface area contributed by atoms with Crippen molar-refractivity contribution in [3.05, 3.63) is 145 Å². The predicted molar refractivity (Wildman–Crippen MR) is 281 cm³/mol. The van der Waals surface area contributed by atoms with E-state index in [0.29, 0.717) is 28.0 Å². The Balaban J connectivity index is 1.45. The van der Waals surface area contributed by atoms with Crippen LogP contribution in [0.5, 0.6) is 0 Å². The molecule has 7 heteroatoms. The van der Waals surface area contributed by atoms with Gasteiger partial charge in [-0.15, -0.1) is 0 Å². The Labute approximate surface area is 396 Å². The number of carbonyl (C=O) groups is 2. The number of rotatable bonds is 3. The molecule has 9 rings (SSSR count). The topological polar surface area (TPSA) is 94.7 Å². The molecule has 0 saturated carbocycles. The van der Waals surface area contributed by atoms with Crippen molar-refractivity contribution in [2.75, 3.05) is 4.90 Å². The standard InChI is InChI=1S/C60H65N5O2/c1-32-33(2)35(4)51-50(34(32)3)55(66)65(56(51)67)54-48-23-21-46(63-48)52(36-25-38(57(5,6)7)29-39(26-36)58(8,9)10)44-19-17-42(61-44)31-43-18-20-45(62-43)53(47-22-24-49(54)64-47)37-27-40(59(11,12)13)30-41(28-37)60(14,15)16/h17-31,61,64H,1-16H3. The van der Waals surface area contributed by atoms with E-state index in [1.807, 2.05) is 45.9 Å². The van der Waals surface area contributed by atoms with E-state index in [0.717, 1.165) is 78.1 Å². The van der Waals surface area contributed by atoms with Crippen LogP contribution < -0.4 is 4.90 Å². The van der Waals surface area contributed by atoms with E-state index in [1.54, 1.807) is 0 Å². The molecule has 0 fully saturated rings. The molecule has 3 aromatic carbocycles. The summed E-state index contributed by atoms with van der Waals surface area (Å²) in [5.41, 5.74) is 19.3. The first-order chi connectivity index (χ1) is 31.2. The number of anilines is 1. The van der Waals surface area contributed by atoms with Crippen LogP contribution in [0.4, 0.5) is 5.69 Å². The highest BCUT2D eigenvalue weighted by molar-refractivity contribution is 6.37. The van der Waals surface area contributed by atoms with Crippen molar-refractivity contribution in [2.24, 2.45) is 0 Å². The van der Waals surface area contributed by atoms with Gasteiger partial charge in [-0.05, 0) is 160 Å². The molecule has 8 bridgehead atoms. The van der Waals surface area contributed by atoms with Crippen LogP contribution >= 0.6 is 0 Å². The summed E-state index contributed by atoms with van der Waals surface area (Å²) in [5.74, 6) is -0.705. The molecule has 2 amide bonds. The lowest BCUT2D eigenvalue weighted by atomic mass is 9.78. The molecule has 0 saturated heterocycles. The number of fused-ring (bicyclic) bond motifs is 9. The van der Waals surface area contributed by atoms with Crippen molar-refractivity contribution >= 4 is 63.9 Å². The second kappa shape index (κ2) is 15.5. The van der Waals surface area contributed by atoms with Gasteiger partial charge in [-0.2, -0.15) is 0 Å². The number of carbonyl (C=O) groups excluding carboxylic acids is 2. The Hall–Kier alpha value is -6.60. The predicted octanol–water partition coefficient (Wildman–Crippen LogP) is 15.2.